The van der Waals surface area contributed by atoms with Crippen LogP contribution in [-0.2, 0) is 6.54 Å². The number of hydrogen-bond donors (Lipinski definition) is 2. The number of hydrogen-bond acceptors (Lipinski definition) is 2. The molecule has 0 amide bonds. The van der Waals surface area contributed by atoms with Crippen molar-refractivity contribution in [3.63, 3.8) is 0 Å². The van der Waals surface area contributed by atoms with Gasteiger partial charge in [0, 0.05) is 34.4 Å². The molecule has 0 unspecified atom stereocenters. The lowest BCUT2D eigenvalue weighted by atomic mass is 10.0. The van der Waals surface area contributed by atoms with Gasteiger partial charge in [-0.1, -0.05) is 24.3 Å². The van der Waals surface area contributed by atoms with Crippen molar-refractivity contribution < 1.29 is 0 Å². The van der Waals surface area contributed by atoms with Crippen LogP contribution in [0.1, 0.15) is 24.9 Å². The van der Waals surface area contributed by atoms with Crippen LogP contribution in [0.5, 0.6) is 0 Å². The molecule has 0 saturated carbocycles. The van der Waals surface area contributed by atoms with Gasteiger partial charge < -0.3 is 16.0 Å². The van der Waals surface area contributed by atoms with E-state index in [2.05, 4.69) is 54.0 Å². The van der Waals surface area contributed by atoms with E-state index in [-0.39, 0.29) is 6.04 Å². The van der Waals surface area contributed by atoms with Crippen LogP contribution in [-0.4, -0.2) is 11.1 Å². The Kier molecular flexibility index (Phi) is 3.47. The first-order valence-electron chi connectivity index (χ1n) is 7.22. The van der Waals surface area contributed by atoms with E-state index in [4.69, 9.17) is 11.5 Å². The SMILES string of the molecule is CCn1c2ccccc2c2cc([C@@H](N)CCN)ccc21. The largest absolute Gasteiger partial charge is 0.341 e. The molecule has 1 atom stereocenters. The number of benzene rings is 2. The summed E-state index contributed by atoms with van der Waals surface area (Å²) in [5, 5.41) is 2.58. The lowest BCUT2D eigenvalue weighted by molar-refractivity contribution is 0.662. The van der Waals surface area contributed by atoms with Gasteiger partial charge in [0.25, 0.3) is 0 Å². The number of aromatic nitrogens is 1. The molecule has 0 spiro atoms. The quantitative estimate of drug-likeness (QED) is 0.763. The minimum absolute atomic E-state index is 0.0214. The molecule has 4 N–H and O–H groups in total. The highest BCUT2D eigenvalue weighted by molar-refractivity contribution is 6.08. The van der Waals surface area contributed by atoms with Gasteiger partial charge in [0.2, 0.25) is 0 Å². The van der Waals surface area contributed by atoms with Crippen molar-refractivity contribution in [2.45, 2.75) is 25.9 Å². The Bertz CT molecular complexity index is 742. The van der Waals surface area contributed by atoms with Crippen LogP contribution in [0.4, 0.5) is 0 Å². The van der Waals surface area contributed by atoms with Crippen molar-refractivity contribution in [1.29, 1.82) is 0 Å². The molecule has 0 aliphatic rings. The van der Waals surface area contributed by atoms with E-state index in [9.17, 15) is 0 Å². The maximum Gasteiger partial charge on any atom is 0.0491 e. The molecule has 0 aliphatic carbocycles. The van der Waals surface area contributed by atoms with Gasteiger partial charge in [0.05, 0.1) is 0 Å². The van der Waals surface area contributed by atoms with Crippen LogP contribution < -0.4 is 11.5 Å². The van der Waals surface area contributed by atoms with Gasteiger partial charge in [-0.25, -0.2) is 0 Å². The average molecular weight is 267 g/mol. The maximum absolute atomic E-state index is 6.19. The second-order valence-corrected chi connectivity index (χ2v) is 5.22. The second kappa shape index (κ2) is 5.27. The van der Waals surface area contributed by atoms with Gasteiger partial charge >= 0.3 is 0 Å². The fourth-order valence-corrected chi connectivity index (χ4v) is 2.99. The highest BCUT2D eigenvalue weighted by Gasteiger charge is 2.12. The highest BCUT2D eigenvalue weighted by Crippen LogP contribution is 2.31. The average Bonchev–Trinajstić information content (AvgIpc) is 2.80. The summed E-state index contributed by atoms with van der Waals surface area (Å²) in [6, 6.07) is 15.1. The Labute approximate surface area is 119 Å². The van der Waals surface area contributed by atoms with Crippen molar-refractivity contribution in [2.24, 2.45) is 11.5 Å². The predicted octanol–water partition coefficient (Wildman–Crippen LogP) is 3.16. The van der Waals surface area contributed by atoms with E-state index in [1.54, 1.807) is 0 Å². The molecular formula is C17H21N3. The molecule has 0 radical (unpaired) electrons. The number of nitrogens with two attached hydrogens (primary N) is 2. The monoisotopic (exact) mass is 267 g/mol. The van der Waals surface area contributed by atoms with E-state index in [1.807, 2.05) is 0 Å². The molecule has 0 fully saturated rings. The molecule has 0 saturated heterocycles. The van der Waals surface area contributed by atoms with Crippen LogP contribution in [0.25, 0.3) is 21.8 Å². The highest BCUT2D eigenvalue weighted by atomic mass is 15.0. The van der Waals surface area contributed by atoms with Crippen molar-refractivity contribution in [3.8, 4) is 0 Å². The molecule has 1 aromatic heterocycles. The summed E-state index contributed by atoms with van der Waals surface area (Å²) >= 11 is 0. The molecular weight excluding hydrogens is 246 g/mol. The van der Waals surface area contributed by atoms with Gasteiger partial charge in [-0.15, -0.1) is 0 Å². The third kappa shape index (κ3) is 1.99. The molecule has 3 rings (SSSR count). The predicted molar refractivity (Wildman–Crippen MR) is 85.7 cm³/mol. The number of para-hydroxylation sites is 1. The van der Waals surface area contributed by atoms with Gasteiger partial charge in [-0.2, -0.15) is 0 Å². The van der Waals surface area contributed by atoms with Crippen molar-refractivity contribution in [3.05, 3.63) is 48.0 Å². The van der Waals surface area contributed by atoms with E-state index in [1.165, 1.54) is 27.4 Å². The van der Waals surface area contributed by atoms with Gasteiger partial charge in [-0.05, 0) is 43.7 Å². The zero-order chi connectivity index (χ0) is 14.1. The normalized spacial score (nSPS) is 13.2. The van der Waals surface area contributed by atoms with Gasteiger partial charge in [0.15, 0.2) is 0 Å². The van der Waals surface area contributed by atoms with E-state index in [0.29, 0.717) is 6.54 Å². The first-order chi connectivity index (χ1) is 9.76. The number of nitrogens with zero attached hydrogens (tertiary/aromatic N) is 1. The van der Waals surface area contributed by atoms with Crippen molar-refractivity contribution >= 4 is 21.8 Å². The van der Waals surface area contributed by atoms with Gasteiger partial charge in [-0.3, -0.25) is 0 Å². The first-order valence-corrected chi connectivity index (χ1v) is 7.22. The van der Waals surface area contributed by atoms with Crippen LogP contribution in [0, 0.1) is 0 Å². The summed E-state index contributed by atoms with van der Waals surface area (Å²) in [4.78, 5) is 0. The summed E-state index contributed by atoms with van der Waals surface area (Å²) in [6.45, 7) is 3.77. The minimum Gasteiger partial charge on any atom is -0.341 e. The van der Waals surface area contributed by atoms with Crippen molar-refractivity contribution in [1.82, 2.24) is 4.57 Å². The minimum atomic E-state index is 0.0214. The Morgan fingerprint density at radius 3 is 2.55 bits per heavy atom. The second-order valence-electron chi connectivity index (χ2n) is 5.22. The summed E-state index contributed by atoms with van der Waals surface area (Å²) in [5.41, 5.74) is 15.5. The first kappa shape index (κ1) is 13.2. The molecule has 20 heavy (non-hydrogen) atoms. The third-order valence-corrected chi connectivity index (χ3v) is 4.02. The number of aryl methyl sites for hydroxylation is 1. The smallest absolute Gasteiger partial charge is 0.0491 e. The summed E-state index contributed by atoms with van der Waals surface area (Å²) in [5.74, 6) is 0. The van der Waals surface area contributed by atoms with Crippen LogP contribution in [0.3, 0.4) is 0 Å². The summed E-state index contributed by atoms with van der Waals surface area (Å²) in [6.07, 6.45) is 0.817. The van der Waals surface area contributed by atoms with Crippen LogP contribution in [0.15, 0.2) is 42.5 Å². The number of rotatable bonds is 4. The fraction of sp³-hybridized carbons (Fsp3) is 0.294. The van der Waals surface area contributed by atoms with E-state index >= 15 is 0 Å². The molecule has 0 bridgehead atoms. The molecule has 3 heteroatoms. The third-order valence-electron chi connectivity index (χ3n) is 4.02. The molecule has 1 heterocycles. The standard InChI is InChI=1S/C17H21N3/c1-2-20-16-6-4-3-5-13(16)14-11-12(7-8-17(14)20)15(19)9-10-18/h3-8,11,15H,2,9-10,18-19H2,1H3/t15-/m0/s1. The van der Waals surface area contributed by atoms with Crippen molar-refractivity contribution in [2.75, 3.05) is 6.54 Å². The molecule has 2 aromatic carbocycles. The maximum atomic E-state index is 6.19. The van der Waals surface area contributed by atoms with Crippen LogP contribution >= 0.6 is 0 Å². The van der Waals surface area contributed by atoms with Gasteiger partial charge in [0.1, 0.15) is 0 Å². The zero-order valence-corrected chi connectivity index (χ0v) is 11.8. The molecule has 3 aromatic rings. The molecule has 3 nitrogen and oxygen atoms in total. The summed E-state index contributed by atoms with van der Waals surface area (Å²) in [7, 11) is 0. The lowest BCUT2D eigenvalue weighted by Gasteiger charge is -2.11. The fourth-order valence-electron chi connectivity index (χ4n) is 2.99. The Morgan fingerprint density at radius 2 is 1.80 bits per heavy atom. The zero-order valence-electron chi connectivity index (χ0n) is 11.8. The Hall–Kier alpha value is -1.84. The Balaban J connectivity index is 2.26. The van der Waals surface area contributed by atoms with E-state index < -0.39 is 0 Å². The molecule has 0 aliphatic heterocycles. The lowest BCUT2D eigenvalue weighted by Crippen LogP contribution is -2.15. The number of fused-ring (bicyclic) bond motifs is 3. The van der Waals surface area contributed by atoms with E-state index in [0.717, 1.165) is 13.0 Å². The Morgan fingerprint density at radius 1 is 1.05 bits per heavy atom. The topological polar surface area (TPSA) is 57.0 Å². The summed E-state index contributed by atoms with van der Waals surface area (Å²) < 4.78 is 2.35. The van der Waals surface area contributed by atoms with Crippen LogP contribution in [0.2, 0.25) is 0 Å². The molecule has 104 valence electrons.